The Labute approximate surface area is 132 Å². The van der Waals surface area contributed by atoms with E-state index in [1.807, 2.05) is 6.92 Å². The highest BCUT2D eigenvalue weighted by atomic mass is 35.5. The fourth-order valence-corrected chi connectivity index (χ4v) is 2.72. The molecule has 2 rings (SSSR count). The molecule has 0 unspecified atom stereocenters. The molecule has 1 fully saturated rings. The molecule has 0 aromatic carbocycles. The molecule has 0 atom stereocenters. The molecule has 1 aromatic rings. The van der Waals surface area contributed by atoms with Crippen molar-refractivity contribution in [3.8, 4) is 0 Å². The minimum Gasteiger partial charge on any atom is -0.374 e. The number of hydrogen-bond donors (Lipinski definition) is 1. The highest BCUT2D eigenvalue weighted by molar-refractivity contribution is 6.29. The zero-order valence-electron chi connectivity index (χ0n) is 12.8. The van der Waals surface area contributed by atoms with Crippen LogP contribution in [-0.2, 0) is 11.3 Å². The van der Waals surface area contributed by atoms with Gasteiger partial charge in [0.25, 0.3) is 0 Å². The predicted molar refractivity (Wildman–Crippen MR) is 85.8 cm³/mol. The standard InChI is InChI=1S/C15H25ClN4O/c1-2-21-12-15-18-13(16)11-14(19-15)17-7-10-20-8-5-3-4-6-9-20/h11H,2-10,12H2,1H3,(H,17,18,19). The quantitative estimate of drug-likeness (QED) is 0.784. The fraction of sp³-hybridized carbons (Fsp3) is 0.733. The monoisotopic (exact) mass is 312 g/mol. The predicted octanol–water partition coefficient (Wildman–Crippen LogP) is 2.95. The van der Waals surface area contributed by atoms with Gasteiger partial charge in [-0.2, -0.15) is 0 Å². The molecule has 0 aliphatic carbocycles. The van der Waals surface area contributed by atoms with E-state index in [1.54, 1.807) is 6.07 Å². The number of nitrogens with zero attached hydrogens (tertiary/aromatic N) is 3. The zero-order chi connectivity index (χ0) is 14.9. The number of rotatable bonds is 7. The Hall–Kier alpha value is -0.910. The smallest absolute Gasteiger partial charge is 0.158 e. The topological polar surface area (TPSA) is 50.3 Å². The first kappa shape index (κ1) is 16.5. The van der Waals surface area contributed by atoms with Crippen molar-refractivity contribution in [3.05, 3.63) is 17.0 Å². The van der Waals surface area contributed by atoms with E-state index in [2.05, 4.69) is 20.2 Å². The summed E-state index contributed by atoms with van der Waals surface area (Å²) >= 11 is 6.02. The number of aromatic nitrogens is 2. The summed E-state index contributed by atoms with van der Waals surface area (Å²) in [4.78, 5) is 11.1. The lowest BCUT2D eigenvalue weighted by molar-refractivity contribution is 0.128. The van der Waals surface area contributed by atoms with Crippen molar-refractivity contribution >= 4 is 17.4 Å². The van der Waals surface area contributed by atoms with Gasteiger partial charge in [0.05, 0.1) is 0 Å². The highest BCUT2D eigenvalue weighted by Crippen LogP contribution is 2.13. The molecular weight excluding hydrogens is 288 g/mol. The van der Waals surface area contributed by atoms with Crippen molar-refractivity contribution < 1.29 is 4.74 Å². The van der Waals surface area contributed by atoms with Crippen LogP contribution >= 0.6 is 11.6 Å². The Kier molecular flexibility index (Phi) is 7.19. The maximum absolute atomic E-state index is 6.02. The van der Waals surface area contributed by atoms with Gasteiger partial charge in [0, 0.05) is 25.8 Å². The van der Waals surface area contributed by atoms with Gasteiger partial charge in [-0.3, -0.25) is 0 Å². The molecule has 1 aromatic heterocycles. The minimum absolute atomic E-state index is 0.401. The Balaban J connectivity index is 1.80. The zero-order valence-corrected chi connectivity index (χ0v) is 13.5. The van der Waals surface area contributed by atoms with E-state index in [0.29, 0.717) is 24.2 Å². The molecule has 2 heterocycles. The lowest BCUT2D eigenvalue weighted by Crippen LogP contribution is -2.30. The van der Waals surface area contributed by atoms with E-state index in [-0.39, 0.29) is 0 Å². The van der Waals surface area contributed by atoms with Crippen LogP contribution in [0.3, 0.4) is 0 Å². The van der Waals surface area contributed by atoms with Crippen LogP contribution in [0.15, 0.2) is 6.07 Å². The Morgan fingerprint density at radius 3 is 2.71 bits per heavy atom. The molecular formula is C15H25ClN4O. The highest BCUT2D eigenvalue weighted by Gasteiger charge is 2.09. The van der Waals surface area contributed by atoms with Crippen molar-refractivity contribution in [2.24, 2.45) is 0 Å². The van der Waals surface area contributed by atoms with Crippen LogP contribution in [0.5, 0.6) is 0 Å². The van der Waals surface area contributed by atoms with Gasteiger partial charge in [0.1, 0.15) is 17.6 Å². The summed E-state index contributed by atoms with van der Waals surface area (Å²) in [5.41, 5.74) is 0. The molecule has 0 amide bonds. The lowest BCUT2D eigenvalue weighted by atomic mass is 10.2. The maximum atomic E-state index is 6.02. The fourth-order valence-electron chi connectivity index (χ4n) is 2.52. The van der Waals surface area contributed by atoms with Crippen LogP contribution in [0.25, 0.3) is 0 Å². The second kappa shape index (κ2) is 9.18. The summed E-state index contributed by atoms with van der Waals surface area (Å²) in [6, 6.07) is 1.76. The molecule has 1 aliphatic rings. The van der Waals surface area contributed by atoms with Gasteiger partial charge in [-0.1, -0.05) is 24.4 Å². The second-order valence-electron chi connectivity index (χ2n) is 5.31. The van der Waals surface area contributed by atoms with Gasteiger partial charge in [0.15, 0.2) is 5.82 Å². The first-order chi connectivity index (χ1) is 10.3. The van der Waals surface area contributed by atoms with Crippen LogP contribution in [0, 0.1) is 0 Å². The lowest BCUT2D eigenvalue weighted by Gasteiger charge is -2.20. The normalized spacial score (nSPS) is 16.7. The summed E-state index contributed by atoms with van der Waals surface area (Å²) in [5.74, 6) is 1.40. The molecule has 0 bridgehead atoms. The number of halogens is 1. The van der Waals surface area contributed by atoms with Crippen LogP contribution in [0.2, 0.25) is 5.15 Å². The minimum atomic E-state index is 0.401. The molecule has 1 aliphatic heterocycles. The van der Waals surface area contributed by atoms with Gasteiger partial charge >= 0.3 is 0 Å². The first-order valence-corrected chi connectivity index (χ1v) is 8.23. The summed E-state index contributed by atoms with van der Waals surface area (Å²) in [6.45, 7) is 7.34. The Morgan fingerprint density at radius 2 is 2.00 bits per heavy atom. The summed E-state index contributed by atoms with van der Waals surface area (Å²) in [6.07, 6.45) is 5.37. The van der Waals surface area contributed by atoms with Crippen molar-refractivity contribution in [1.82, 2.24) is 14.9 Å². The van der Waals surface area contributed by atoms with Crippen molar-refractivity contribution in [2.45, 2.75) is 39.2 Å². The molecule has 21 heavy (non-hydrogen) atoms. The van der Waals surface area contributed by atoms with Crippen LogP contribution in [-0.4, -0.2) is 47.7 Å². The summed E-state index contributed by atoms with van der Waals surface area (Å²) in [7, 11) is 0. The summed E-state index contributed by atoms with van der Waals surface area (Å²) < 4.78 is 5.32. The SMILES string of the molecule is CCOCc1nc(Cl)cc(NCCN2CCCCCC2)n1. The van der Waals surface area contributed by atoms with E-state index in [9.17, 15) is 0 Å². The first-order valence-electron chi connectivity index (χ1n) is 7.85. The largest absolute Gasteiger partial charge is 0.374 e. The molecule has 6 heteroatoms. The second-order valence-corrected chi connectivity index (χ2v) is 5.70. The number of anilines is 1. The molecule has 0 saturated carbocycles. The summed E-state index contributed by atoms with van der Waals surface area (Å²) in [5, 5.41) is 3.79. The van der Waals surface area contributed by atoms with E-state index in [1.165, 1.54) is 38.8 Å². The van der Waals surface area contributed by atoms with Crippen molar-refractivity contribution in [3.63, 3.8) is 0 Å². The van der Waals surface area contributed by atoms with Gasteiger partial charge < -0.3 is 15.0 Å². The Bertz CT molecular complexity index is 422. The maximum Gasteiger partial charge on any atom is 0.158 e. The van der Waals surface area contributed by atoms with Gasteiger partial charge in [0.2, 0.25) is 0 Å². The number of likely N-dealkylation sites (tertiary alicyclic amines) is 1. The van der Waals surface area contributed by atoms with E-state index in [4.69, 9.17) is 16.3 Å². The number of hydrogen-bond acceptors (Lipinski definition) is 5. The number of ether oxygens (including phenoxy) is 1. The average Bonchev–Trinajstić information content (AvgIpc) is 2.73. The van der Waals surface area contributed by atoms with Crippen molar-refractivity contribution in [2.75, 3.05) is 38.1 Å². The molecule has 0 spiro atoms. The van der Waals surface area contributed by atoms with E-state index >= 15 is 0 Å². The van der Waals surface area contributed by atoms with E-state index in [0.717, 1.165) is 18.9 Å². The Morgan fingerprint density at radius 1 is 1.24 bits per heavy atom. The van der Waals surface area contributed by atoms with E-state index < -0.39 is 0 Å². The van der Waals surface area contributed by atoms with Gasteiger partial charge in [-0.05, 0) is 32.9 Å². The molecule has 1 saturated heterocycles. The molecule has 118 valence electrons. The van der Waals surface area contributed by atoms with Gasteiger partial charge in [-0.25, -0.2) is 9.97 Å². The van der Waals surface area contributed by atoms with Crippen LogP contribution in [0.4, 0.5) is 5.82 Å². The molecule has 5 nitrogen and oxygen atoms in total. The van der Waals surface area contributed by atoms with Crippen LogP contribution < -0.4 is 5.32 Å². The van der Waals surface area contributed by atoms with Crippen molar-refractivity contribution in [1.29, 1.82) is 0 Å². The average molecular weight is 313 g/mol. The third-order valence-electron chi connectivity index (χ3n) is 3.61. The third-order valence-corrected chi connectivity index (χ3v) is 3.80. The number of nitrogens with one attached hydrogen (secondary N) is 1. The van der Waals surface area contributed by atoms with Gasteiger partial charge in [-0.15, -0.1) is 0 Å². The van der Waals surface area contributed by atoms with Crippen LogP contribution in [0.1, 0.15) is 38.4 Å². The third kappa shape index (κ3) is 6.16. The molecule has 1 N–H and O–H groups in total. The molecule has 0 radical (unpaired) electrons.